The van der Waals surface area contributed by atoms with Crippen molar-refractivity contribution in [2.75, 3.05) is 12.8 Å². The first-order chi connectivity index (χ1) is 8.41. The number of likely N-dealkylation sites (tertiary alicyclic amines) is 1. The van der Waals surface area contributed by atoms with Crippen LogP contribution in [-0.2, 0) is 14.3 Å². The fraction of sp³-hybridized carbons (Fsp3) is 0.833. The smallest absolute Gasteiger partial charge is 0.411 e. The molecule has 18 heavy (non-hydrogen) atoms. The van der Waals surface area contributed by atoms with Crippen LogP contribution < -0.4 is 0 Å². The Morgan fingerprint density at radius 2 is 2.11 bits per heavy atom. The maximum absolute atomic E-state index is 12.0. The van der Waals surface area contributed by atoms with Crippen LogP contribution in [0, 0.1) is 0 Å². The van der Waals surface area contributed by atoms with Gasteiger partial charge in [-0.15, -0.1) is 0 Å². The molecule has 1 saturated heterocycles. The number of hydrogen-bond acceptors (Lipinski definition) is 4. The Morgan fingerprint density at radius 1 is 1.44 bits per heavy atom. The summed E-state index contributed by atoms with van der Waals surface area (Å²) in [6.07, 6.45) is 1.85. The monoisotopic (exact) mass is 270 g/mol. The molecule has 0 aliphatic carbocycles. The lowest BCUT2D eigenvalue weighted by molar-refractivity contribution is -0.146. The molecule has 0 aromatic heterocycles. The van der Waals surface area contributed by atoms with Crippen LogP contribution in [0.3, 0.4) is 0 Å². The normalized spacial score (nSPS) is 19.8. The Morgan fingerprint density at radius 3 is 2.67 bits per heavy atom. The van der Waals surface area contributed by atoms with Crippen molar-refractivity contribution in [1.29, 1.82) is 0 Å². The predicted octanol–water partition coefficient (Wildman–Crippen LogP) is 1.45. The molecule has 1 rings (SSSR count). The van der Waals surface area contributed by atoms with Crippen molar-refractivity contribution in [2.24, 2.45) is 0 Å². The van der Waals surface area contributed by atoms with E-state index >= 15 is 0 Å². The molecule has 1 heterocycles. The zero-order chi connectivity index (χ0) is 13.8. The lowest BCUT2D eigenvalue weighted by atomic mass is 10.1. The molecule has 0 spiro atoms. The predicted molar refractivity (Wildman–Crippen MR) is 67.3 cm³/mol. The summed E-state index contributed by atoms with van der Waals surface area (Å²) >= 11 is 0. The summed E-state index contributed by atoms with van der Waals surface area (Å²) in [5.74, 6) is -0.381. The number of amides is 1. The number of rotatable bonds is 4. The molecule has 1 aliphatic heterocycles. The zero-order valence-electron chi connectivity index (χ0n) is 11.2. The summed E-state index contributed by atoms with van der Waals surface area (Å²) in [4.78, 5) is 25.2. The summed E-state index contributed by atoms with van der Waals surface area (Å²) < 4.78 is 10.3. The average molecular weight is 270 g/mol. The zero-order valence-corrected chi connectivity index (χ0v) is 12.2. The standard InChI is InChI=1S/C12H20NO4Si/c1-4-12(2,3)17-11(15)13-7-5-6-9(13)10(14)16-8-18/h9H,4-8H2,1-3H3. The third kappa shape index (κ3) is 3.73. The van der Waals surface area contributed by atoms with E-state index in [2.05, 4.69) is 10.2 Å². The topological polar surface area (TPSA) is 55.8 Å². The summed E-state index contributed by atoms with van der Waals surface area (Å²) in [7, 11) is 3.08. The highest BCUT2D eigenvalue weighted by Gasteiger charge is 2.37. The van der Waals surface area contributed by atoms with Crippen LogP contribution in [0.25, 0.3) is 0 Å². The minimum atomic E-state index is -0.512. The number of hydrogen-bond donors (Lipinski definition) is 0. The molecule has 1 aliphatic rings. The van der Waals surface area contributed by atoms with Gasteiger partial charge in [-0.25, -0.2) is 9.59 Å². The molecule has 1 unspecified atom stereocenters. The second kappa shape index (κ2) is 6.22. The van der Waals surface area contributed by atoms with Gasteiger partial charge in [-0.1, -0.05) is 6.92 Å². The molecular weight excluding hydrogens is 250 g/mol. The molecule has 6 heteroatoms. The van der Waals surface area contributed by atoms with Crippen LogP contribution in [0.4, 0.5) is 4.79 Å². The van der Waals surface area contributed by atoms with Crippen molar-refractivity contribution in [1.82, 2.24) is 4.90 Å². The van der Waals surface area contributed by atoms with E-state index in [4.69, 9.17) is 9.47 Å². The average Bonchev–Trinajstić information content (AvgIpc) is 2.77. The lowest BCUT2D eigenvalue weighted by Crippen LogP contribution is -2.44. The summed E-state index contributed by atoms with van der Waals surface area (Å²) in [6, 6.07) is -0.512. The maximum atomic E-state index is 12.0. The van der Waals surface area contributed by atoms with Crippen molar-refractivity contribution >= 4 is 22.3 Å². The van der Waals surface area contributed by atoms with Gasteiger partial charge in [0.2, 0.25) is 0 Å². The van der Waals surface area contributed by atoms with Crippen molar-refractivity contribution in [3.63, 3.8) is 0 Å². The first-order valence-corrected chi connectivity index (χ1v) is 6.93. The SMILES string of the molecule is CCC(C)(C)OC(=O)N1CCCC1C(=O)OC[Si]. The molecule has 1 fully saturated rings. The second-order valence-electron chi connectivity index (χ2n) is 4.94. The Bertz CT molecular complexity index is 319. The first-order valence-electron chi connectivity index (χ1n) is 6.22. The summed E-state index contributed by atoms with van der Waals surface area (Å²) in [5, 5.41) is 0. The van der Waals surface area contributed by atoms with Gasteiger partial charge in [-0.2, -0.15) is 0 Å². The quantitative estimate of drug-likeness (QED) is 0.573. The van der Waals surface area contributed by atoms with Crippen LogP contribution in [0.2, 0.25) is 0 Å². The minimum absolute atomic E-state index is 0.138. The highest BCUT2D eigenvalue weighted by molar-refractivity contribution is 6.08. The molecule has 5 nitrogen and oxygen atoms in total. The van der Waals surface area contributed by atoms with Gasteiger partial charge >= 0.3 is 12.1 Å². The van der Waals surface area contributed by atoms with E-state index in [9.17, 15) is 9.59 Å². The van der Waals surface area contributed by atoms with Gasteiger partial charge in [0, 0.05) is 6.54 Å². The van der Waals surface area contributed by atoms with Crippen LogP contribution in [-0.4, -0.2) is 51.6 Å². The number of nitrogens with zero attached hydrogens (tertiary/aromatic N) is 1. The van der Waals surface area contributed by atoms with Gasteiger partial charge in [0.05, 0.1) is 16.5 Å². The Hall–Kier alpha value is -1.04. The number of ether oxygens (including phenoxy) is 2. The van der Waals surface area contributed by atoms with Gasteiger partial charge in [0.1, 0.15) is 11.6 Å². The largest absolute Gasteiger partial charge is 0.469 e. The fourth-order valence-corrected chi connectivity index (χ4v) is 1.91. The molecule has 0 aromatic rings. The maximum Gasteiger partial charge on any atom is 0.411 e. The van der Waals surface area contributed by atoms with Crippen molar-refractivity contribution in [3.8, 4) is 0 Å². The molecule has 101 valence electrons. The highest BCUT2D eigenvalue weighted by Crippen LogP contribution is 2.23. The van der Waals surface area contributed by atoms with E-state index in [1.807, 2.05) is 20.8 Å². The Balaban J connectivity index is 2.64. The number of esters is 1. The van der Waals surface area contributed by atoms with Gasteiger partial charge < -0.3 is 9.47 Å². The van der Waals surface area contributed by atoms with E-state index in [1.165, 1.54) is 4.90 Å². The van der Waals surface area contributed by atoms with Gasteiger partial charge in [-0.3, -0.25) is 4.90 Å². The number of carbonyl (C=O) groups is 2. The molecule has 0 bridgehead atoms. The summed E-state index contributed by atoms with van der Waals surface area (Å²) in [6.45, 7) is 6.20. The Labute approximate surface area is 111 Å². The molecule has 0 saturated carbocycles. The van der Waals surface area contributed by atoms with Crippen LogP contribution >= 0.6 is 0 Å². The van der Waals surface area contributed by atoms with E-state index in [0.717, 1.165) is 12.8 Å². The summed E-state index contributed by atoms with van der Waals surface area (Å²) in [5.41, 5.74) is -0.511. The van der Waals surface area contributed by atoms with Crippen molar-refractivity contribution < 1.29 is 19.1 Å². The van der Waals surface area contributed by atoms with Crippen LogP contribution in [0.5, 0.6) is 0 Å². The van der Waals surface area contributed by atoms with Crippen molar-refractivity contribution in [2.45, 2.75) is 51.7 Å². The van der Waals surface area contributed by atoms with Gasteiger partial charge in [-0.05, 0) is 33.1 Å². The van der Waals surface area contributed by atoms with Crippen molar-refractivity contribution in [3.05, 3.63) is 0 Å². The number of carbonyl (C=O) groups excluding carboxylic acids is 2. The van der Waals surface area contributed by atoms with E-state index in [0.29, 0.717) is 13.0 Å². The van der Waals surface area contributed by atoms with Crippen LogP contribution in [0.15, 0.2) is 0 Å². The van der Waals surface area contributed by atoms with Gasteiger partial charge in [0.15, 0.2) is 0 Å². The van der Waals surface area contributed by atoms with E-state index < -0.39 is 17.7 Å². The Kier molecular flexibility index (Phi) is 5.19. The van der Waals surface area contributed by atoms with E-state index in [-0.39, 0.29) is 12.2 Å². The van der Waals surface area contributed by atoms with E-state index in [1.54, 1.807) is 0 Å². The molecule has 1 atom stereocenters. The molecule has 0 N–H and O–H groups in total. The molecular formula is C12H20NO4Si. The minimum Gasteiger partial charge on any atom is -0.469 e. The lowest BCUT2D eigenvalue weighted by Gasteiger charge is -2.29. The first kappa shape index (κ1) is 15.0. The highest BCUT2D eigenvalue weighted by atomic mass is 28.1. The van der Waals surface area contributed by atoms with Gasteiger partial charge in [0.25, 0.3) is 0 Å². The third-order valence-electron chi connectivity index (χ3n) is 3.19. The molecule has 1 amide bonds. The third-order valence-corrected chi connectivity index (χ3v) is 3.33. The molecule has 0 aromatic carbocycles. The second-order valence-corrected chi connectivity index (χ2v) is 5.23. The van der Waals surface area contributed by atoms with Crippen LogP contribution in [0.1, 0.15) is 40.0 Å². The fourth-order valence-electron chi connectivity index (χ4n) is 1.76. The molecule has 3 radical (unpaired) electrons.